The average molecular weight is 287 g/mol. The summed E-state index contributed by atoms with van der Waals surface area (Å²) in [5.41, 5.74) is 8.74. The zero-order valence-electron chi connectivity index (χ0n) is 11.6. The Labute approximate surface area is 121 Å². The molecule has 0 fully saturated rings. The maximum atomic E-state index is 5.69. The molecule has 2 N–H and O–H groups in total. The Hall–Kier alpha value is -1.79. The largest absolute Gasteiger partial charge is 0.325 e. The summed E-state index contributed by atoms with van der Waals surface area (Å²) >= 11 is 1.63. The van der Waals surface area contributed by atoms with E-state index in [9.17, 15) is 0 Å². The van der Waals surface area contributed by atoms with Gasteiger partial charge in [-0.25, -0.2) is 9.97 Å². The number of imidazole rings is 1. The molecule has 3 aromatic heterocycles. The second-order valence-corrected chi connectivity index (χ2v) is 5.76. The summed E-state index contributed by atoms with van der Waals surface area (Å²) in [5.74, 6) is 0.976. The molecule has 20 heavy (non-hydrogen) atoms. The van der Waals surface area contributed by atoms with Crippen LogP contribution in [0, 0.1) is 6.92 Å². The Morgan fingerprint density at radius 2 is 2.20 bits per heavy atom. The van der Waals surface area contributed by atoms with E-state index >= 15 is 0 Å². The van der Waals surface area contributed by atoms with Crippen LogP contribution in [0.3, 0.4) is 0 Å². The standard InChI is InChI=1S/C14H17N5S/c1-3-6-19-11-4-5-16-8-10(11)18-14(19)13-9(2)17-12(7-15)20-13/h4-5,8H,3,6-7,15H2,1-2H3. The van der Waals surface area contributed by atoms with Gasteiger partial charge >= 0.3 is 0 Å². The number of rotatable bonds is 4. The van der Waals surface area contributed by atoms with Crippen molar-refractivity contribution in [2.45, 2.75) is 33.4 Å². The molecule has 0 unspecified atom stereocenters. The lowest BCUT2D eigenvalue weighted by Crippen LogP contribution is -1.99. The number of thiazole rings is 1. The zero-order valence-corrected chi connectivity index (χ0v) is 12.4. The molecule has 0 aliphatic rings. The molecule has 0 aliphatic heterocycles. The van der Waals surface area contributed by atoms with Crippen molar-refractivity contribution in [2.24, 2.45) is 5.73 Å². The number of aryl methyl sites for hydroxylation is 2. The molecule has 0 atom stereocenters. The minimum atomic E-state index is 0.473. The van der Waals surface area contributed by atoms with Crippen LogP contribution in [-0.2, 0) is 13.1 Å². The van der Waals surface area contributed by atoms with Gasteiger partial charge in [0.05, 0.1) is 22.3 Å². The number of nitrogens with zero attached hydrogens (tertiary/aromatic N) is 4. The van der Waals surface area contributed by atoms with Gasteiger partial charge in [-0.05, 0) is 19.4 Å². The molecule has 5 nitrogen and oxygen atoms in total. The summed E-state index contributed by atoms with van der Waals surface area (Å²) < 4.78 is 2.25. The summed E-state index contributed by atoms with van der Waals surface area (Å²) in [7, 11) is 0. The summed E-state index contributed by atoms with van der Waals surface area (Å²) in [6, 6.07) is 2.02. The molecule has 0 saturated carbocycles. The quantitative estimate of drug-likeness (QED) is 0.801. The van der Waals surface area contributed by atoms with Gasteiger partial charge in [0.1, 0.15) is 10.5 Å². The van der Waals surface area contributed by atoms with Crippen molar-refractivity contribution in [1.82, 2.24) is 19.5 Å². The van der Waals surface area contributed by atoms with E-state index < -0.39 is 0 Å². The Morgan fingerprint density at radius 3 is 2.90 bits per heavy atom. The lowest BCUT2D eigenvalue weighted by molar-refractivity contribution is 0.704. The number of nitrogens with two attached hydrogens (primary N) is 1. The second-order valence-electron chi connectivity index (χ2n) is 4.68. The summed E-state index contributed by atoms with van der Waals surface area (Å²) in [6.45, 7) is 5.59. The third-order valence-corrected chi connectivity index (χ3v) is 4.39. The van der Waals surface area contributed by atoms with Crippen LogP contribution in [-0.4, -0.2) is 19.5 Å². The van der Waals surface area contributed by atoms with E-state index in [0.29, 0.717) is 6.54 Å². The SMILES string of the molecule is CCCn1c(-c2sc(CN)nc2C)nc2cnccc21. The minimum Gasteiger partial charge on any atom is -0.325 e. The molecule has 0 aromatic carbocycles. The van der Waals surface area contributed by atoms with Crippen molar-refractivity contribution in [2.75, 3.05) is 0 Å². The van der Waals surface area contributed by atoms with Crippen LogP contribution in [0.25, 0.3) is 21.7 Å². The van der Waals surface area contributed by atoms with E-state index in [1.807, 2.05) is 25.4 Å². The highest BCUT2D eigenvalue weighted by Crippen LogP contribution is 2.31. The van der Waals surface area contributed by atoms with Crippen molar-refractivity contribution < 1.29 is 0 Å². The molecular formula is C14H17N5S. The predicted octanol–water partition coefficient (Wildman–Crippen LogP) is 2.73. The number of aromatic nitrogens is 4. The predicted molar refractivity (Wildman–Crippen MR) is 81.6 cm³/mol. The Kier molecular flexibility index (Phi) is 3.50. The molecule has 0 saturated heterocycles. The normalized spacial score (nSPS) is 11.3. The van der Waals surface area contributed by atoms with E-state index in [1.54, 1.807) is 11.3 Å². The lowest BCUT2D eigenvalue weighted by Gasteiger charge is -2.06. The lowest BCUT2D eigenvalue weighted by atomic mass is 10.3. The van der Waals surface area contributed by atoms with Gasteiger partial charge in [-0.3, -0.25) is 4.98 Å². The summed E-state index contributed by atoms with van der Waals surface area (Å²) in [6.07, 6.45) is 4.68. The number of hydrogen-bond donors (Lipinski definition) is 1. The fourth-order valence-corrected chi connectivity index (χ4v) is 3.29. The van der Waals surface area contributed by atoms with Gasteiger partial charge in [-0.2, -0.15) is 0 Å². The van der Waals surface area contributed by atoms with Crippen LogP contribution >= 0.6 is 11.3 Å². The summed E-state index contributed by atoms with van der Waals surface area (Å²) in [5, 5.41) is 0.950. The molecule has 3 heterocycles. The van der Waals surface area contributed by atoms with Crippen LogP contribution in [0.15, 0.2) is 18.5 Å². The second kappa shape index (κ2) is 5.30. The van der Waals surface area contributed by atoms with Gasteiger partial charge in [-0.15, -0.1) is 11.3 Å². The average Bonchev–Trinajstić information content (AvgIpc) is 3.00. The Balaban J connectivity index is 2.23. The van der Waals surface area contributed by atoms with Crippen molar-refractivity contribution in [1.29, 1.82) is 0 Å². The first-order valence-corrected chi connectivity index (χ1v) is 7.53. The highest BCUT2D eigenvalue weighted by atomic mass is 32.1. The number of hydrogen-bond acceptors (Lipinski definition) is 5. The van der Waals surface area contributed by atoms with Crippen LogP contribution in [0.4, 0.5) is 0 Å². The molecular weight excluding hydrogens is 270 g/mol. The molecule has 3 aromatic rings. The summed E-state index contributed by atoms with van der Waals surface area (Å²) in [4.78, 5) is 14.5. The van der Waals surface area contributed by atoms with Gasteiger partial charge in [0.15, 0.2) is 5.82 Å². The molecule has 0 spiro atoms. The molecule has 104 valence electrons. The van der Waals surface area contributed by atoms with Crippen molar-refractivity contribution in [3.8, 4) is 10.7 Å². The maximum Gasteiger partial charge on any atom is 0.153 e. The maximum absolute atomic E-state index is 5.69. The fourth-order valence-electron chi connectivity index (χ4n) is 2.35. The smallest absolute Gasteiger partial charge is 0.153 e. The minimum absolute atomic E-state index is 0.473. The first-order chi connectivity index (χ1) is 9.74. The topological polar surface area (TPSA) is 69.6 Å². The van der Waals surface area contributed by atoms with Crippen molar-refractivity contribution >= 4 is 22.4 Å². The first kappa shape index (κ1) is 13.2. The molecule has 3 rings (SSSR count). The van der Waals surface area contributed by atoms with E-state index in [-0.39, 0.29) is 0 Å². The van der Waals surface area contributed by atoms with Gasteiger partial charge in [0.25, 0.3) is 0 Å². The molecule has 0 aliphatic carbocycles. The third kappa shape index (κ3) is 2.10. The van der Waals surface area contributed by atoms with Crippen molar-refractivity contribution in [3.63, 3.8) is 0 Å². The van der Waals surface area contributed by atoms with E-state index in [4.69, 9.17) is 10.7 Å². The van der Waals surface area contributed by atoms with Crippen LogP contribution in [0.5, 0.6) is 0 Å². The van der Waals surface area contributed by atoms with Gasteiger partial charge in [-0.1, -0.05) is 6.92 Å². The van der Waals surface area contributed by atoms with Crippen molar-refractivity contribution in [3.05, 3.63) is 29.2 Å². The zero-order chi connectivity index (χ0) is 14.1. The van der Waals surface area contributed by atoms with Gasteiger partial charge in [0.2, 0.25) is 0 Å². The van der Waals surface area contributed by atoms with E-state index in [1.165, 1.54) is 0 Å². The van der Waals surface area contributed by atoms with Crippen LogP contribution in [0.2, 0.25) is 0 Å². The monoisotopic (exact) mass is 287 g/mol. The van der Waals surface area contributed by atoms with E-state index in [0.717, 1.165) is 45.4 Å². The third-order valence-electron chi connectivity index (χ3n) is 3.22. The number of fused-ring (bicyclic) bond motifs is 1. The van der Waals surface area contributed by atoms with Gasteiger partial charge < -0.3 is 10.3 Å². The van der Waals surface area contributed by atoms with E-state index in [2.05, 4.69) is 21.5 Å². The van der Waals surface area contributed by atoms with Crippen LogP contribution in [0.1, 0.15) is 24.0 Å². The molecule has 0 amide bonds. The Morgan fingerprint density at radius 1 is 1.35 bits per heavy atom. The first-order valence-electron chi connectivity index (χ1n) is 6.71. The van der Waals surface area contributed by atoms with Gasteiger partial charge in [0, 0.05) is 19.3 Å². The number of pyridine rings is 1. The highest BCUT2D eigenvalue weighted by molar-refractivity contribution is 7.15. The van der Waals surface area contributed by atoms with Crippen LogP contribution < -0.4 is 5.73 Å². The fraction of sp³-hybridized carbons (Fsp3) is 0.357. The Bertz CT molecular complexity index is 743. The molecule has 0 radical (unpaired) electrons. The molecule has 0 bridgehead atoms. The highest BCUT2D eigenvalue weighted by Gasteiger charge is 2.17. The molecule has 6 heteroatoms.